The standard InChI is InChI=1S/C25H21ClN2O5/c1-30-21-5-3-4-18-13-23(33-24(18)21)25(29)28-27-14-17-8-11-20(22(12-17)31-2)32-15-16-6-9-19(26)10-7-16/h3-14H,15H2,1-2H3,(H,28,29)/b27-14-. The van der Waals surface area contributed by atoms with Gasteiger partial charge in [-0.25, -0.2) is 5.43 Å². The van der Waals surface area contributed by atoms with Crippen molar-refractivity contribution in [2.24, 2.45) is 5.10 Å². The molecule has 0 radical (unpaired) electrons. The quantitative estimate of drug-likeness (QED) is 0.277. The number of ether oxygens (including phenoxy) is 3. The Morgan fingerprint density at radius 3 is 2.55 bits per heavy atom. The van der Waals surface area contributed by atoms with Gasteiger partial charge in [0.25, 0.3) is 0 Å². The van der Waals surface area contributed by atoms with E-state index in [1.807, 2.05) is 36.4 Å². The first-order valence-electron chi connectivity index (χ1n) is 10.0. The van der Waals surface area contributed by atoms with Crippen LogP contribution >= 0.6 is 11.6 Å². The first kappa shape index (κ1) is 22.2. The lowest BCUT2D eigenvalue weighted by atomic mass is 10.2. The van der Waals surface area contributed by atoms with E-state index in [1.54, 1.807) is 44.6 Å². The molecule has 0 aliphatic heterocycles. The second kappa shape index (κ2) is 10.1. The molecule has 0 bridgehead atoms. The molecule has 0 saturated heterocycles. The summed E-state index contributed by atoms with van der Waals surface area (Å²) in [6.45, 7) is 0.374. The van der Waals surface area contributed by atoms with Crippen LogP contribution in [0.1, 0.15) is 21.7 Å². The maximum Gasteiger partial charge on any atom is 0.307 e. The molecule has 4 rings (SSSR count). The van der Waals surface area contributed by atoms with E-state index in [9.17, 15) is 4.79 Å². The van der Waals surface area contributed by atoms with Crippen LogP contribution in [0, 0.1) is 0 Å². The third-order valence-electron chi connectivity index (χ3n) is 4.83. The Labute approximate surface area is 195 Å². The average Bonchev–Trinajstić information content (AvgIpc) is 3.29. The summed E-state index contributed by atoms with van der Waals surface area (Å²) < 4.78 is 22.2. The number of furan rings is 1. The molecule has 0 aliphatic rings. The number of methoxy groups -OCH3 is 2. The second-order valence-corrected chi connectivity index (χ2v) is 7.45. The van der Waals surface area contributed by atoms with Crippen molar-refractivity contribution in [1.82, 2.24) is 5.43 Å². The van der Waals surface area contributed by atoms with Crippen molar-refractivity contribution in [3.8, 4) is 17.2 Å². The number of hydrazone groups is 1. The second-order valence-electron chi connectivity index (χ2n) is 7.01. The summed E-state index contributed by atoms with van der Waals surface area (Å²) in [6, 6.07) is 19.8. The zero-order valence-corrected chi connectivity index (χ0v) is 18.8. The summed E-state index contributed by atoms with van der Waals surface area (Å²) >= 11 is 5.91. The SMILES string of the molecule is COc1cc(/C=N\NC(=O)c2cc3cccc(OC)c3o2)ccc1OCc1ccc(Cl)cc1. The molecule has 168 valence electrons. The summed E-state index contributed by atoms with van der Waals surface area (Å²) in [7, 11) is 3.10. The Balaban J connectivity index is 1.40. The highest BCUT2D eigenvalue weighted by Gasteiger charge is 2.14. The molecular weight excluding hydrogens is 444 g/mol. The lowest BCUT2D eigenvalue weighted by molar-refractivity contribution is 0.0929. The van der Waals surface area contributed by atoms with Crippen LogP contribution in [0.25, 0.3) is 11.0 Å². The van der Waals surface area contributed by atoms with Crippen molar-refractivity contribution >= 4 is 34.7 Å². The Bertz CT molecular complexity index is 1300. The largest absolute Gasteiger partial charge is 0.493 e. The normalized spacial score (nSPS) is 11.0. The van der Waals surface area contributed by atoms with Gasteiger partial charge in [-0.2, -0.15) is 5.10 Å². The molecular formula is C25H21ClN2O5. The van der Waals surface area contributed by atoms with Gasteiger partial charge in [0.15, 0.2) is 28.6 Å². The Kier molecular flexibility index (Phi) is 6.80. The van der Waals surface area contributed by atoms with E-state index in [0.29, 0.717) is 34.5 Å². The molecule has 1 amide bonds. The molecule has 33 heavy (non-hydrogen) atoms. The maximum absolute atomic E-state index is 12.4. The van der Waals surface area contributed by atoms with Crippen LogP contribution in [0.4, 0.5) is 0 Å². The third kappa shape index (κ3) is 5.27. The Hall–Kier alpha value is -3.97. The minimum Gasteiger partial charge on any atom is -0.493 e. The van der Waals surface area contributed by atoms with Gasteiger partial charge in [-0.1, -0.05) is 35.9 Å². The monoisotopic (exact) mass is 464 g/mol. The summed E-state index contributed by atoms with van der Waals surface area (Å²) in [5.41, 5.74) is 4.67. The Morgan fingerprint density at radius 1 is 1.00 bits per heavy atom. The van der Waals surface area contributed by atoms with Crippen LogP contribution in [0.5, 0.6) is 17.2 Å². The maximum atomic E-state index is 12.4. The molecule has 4 aromatic rings. The molecule has 7 nitrogen and oxygen atoms in total. The predicted molar refractivity (Wildman–Crippen MR) is 127 cm³/mol. The van der Waals surface area contributed by atoms with E-state index < -0.39 is 5.91 Å². The van der Waals surface area contributed by atoms with Gasteiger partial charge in [0.05, 0.1) is 20.4 Å². The van der Waals surface area contributed by atoms with Gasteiger partial charge >= 0.3 is 5.91 Å². The van der Waals surface area contributed by atoms with Crippen LogP contribution in [0.3, 0.4) is 0 Å². The van der Waals surface area contributed by atoms with Crippen molar-refractivity contribution < 1.29 is 23.4 Å². The van der Waals surface area contributed by atoms with E-state index >= 15 is 0 Å². The first-order valence-corrected chi connectivity index (χ1v) is 10.4. The zero-order chi connectivity index (χ0) is 23.2. The highest BCUT2D eigenvalue weighted by molar-refractivity contribution is 6.30. The molecule has 0 fully saturated rings. The average molecular weight is 465 g/mol. The van der Waals surface area contributed by atoms with Crippen LogP contribution in [0.15, 0.2) is 76.2 Å². The van der Waals surface area contributed by atoms with E-state index in [2.05, 4.69) is 10.5 Å². The number of halogens is 1. The third-order valence-corrected chi connectivity index (χ3v) is 5.08. The van der Waals surface area contributed by atoms with Crippen molar-refractivity contribution in [3.63, 3.8) is 0 Å². The number of rotatable bonds is 8. The number of hydrogen-bond acceptors (Lipinski definition) is 6. The molecule has 0 atom stereocenters. The molecule has 1 heterocycles. The summed E-state index contributed by atoms with van der Waals surface area (Å²) in [4.78, 5) is 12.4. The van der Waals surface area contributed by atoms with Gasteiger partial charge in [0.2, 0.25) is 0 Å². The van der Waals surface area contributed by atoms with Crippen molar-refractivity contribution in [2.45, 2.75) is 6.61 Å². The van der Waals surface area contributed by atoms with Crippen molar-refractivity contribution in [1.29, 1.82) is 0 Å². The van der Waals surface area contributed by atoms with Crippen LogP contribution in [-0.2, 0) is 6.61 Å². The van der Waals surface area contributed by atoms with E-state index in [1.165, 1.54) is 6.21 Å². The number of amides is 1. The van der Waals surface area contributed by atoms with Gasteiger partial charge in [-0.15, -0.1) is 0 Å². The molecule has 0 unspecified atom stereocenters. The summed E-state index contributed by atoms with van der Waals surface area (Å²) in [5.74, 6) is 1.35. The van der Waals surface area contributed by atoms with E-state index in [4.69, 9.17) is 30.2 Å². The smallest absolute Gasteiger partial charge is 0.307 e. The fourth-order valence-corrected chi connectivity index (χ4v) is 3.28. The molecule has 0 spiro atoms. The molecule has 1 aromatic heterocycles. The van der Waals surface area contributed by atoms with Crippen molar-refractivity contribution in [3.05, 3.63) is 88.6 Å². The van der Waals surface area contributed by atoms with Gasteiger partial charge in [0.1, 0.15) is 6.61 Å². The number of carbonyl (C=O) groups excluding carboxylic acids is 1. The summed E-state index contributed by atoms with van der Waals surface area (Å²) in [6.07, 6.45) is 1.51. The lowest BCUT2D eigenvalue weighted by Gasteiger charge is -2.11. The number of carbonyl (C=O) groups is 1. The van der Waals surface area contributed by atoms with E-state index in [-0.39, 0.29) is 5.76 Å². The van der Waals surface area contributed by atoms with Crippen LogP contribution in [0.2, 0.25) is 5.02 Å². The Morgan fingerprint density at radius 2 is 1.79 bits per heavy atom. The minimum absolute atomic E-state index is 0.134. The fourth-order valence-electron chi connectivity index (χ4n) is 3.15. The predicted octanol–water partition coefficient (Wildman–Crippen LogP) is 5.45. The molecule has 3 aromatic carbocycles. The number of nitrogens with zero attached hydrogens (tertiary/aromatic N) is 1. The van der Waals surface area contributed by atoms with Gasteiger partial charge in [-0.3, -0.25) is 4.79 Å². The molecule has 0 saturated carbocycles. The fraction of sp³-hybridized carbons (Fsp3) is 0.120. The number of fused-ring (bicyclic) bond motifs is 1. The number of hydrogen-bond donors (Lipinski definition) is 1. The van der Waals surface area contributed by atoms with Crippen LogP contribution < -0.4 is 19.6 Å². The zero-order valence-electron chi connectivity index (χ0n) is 18.0. The minimum atomic E-state index is -0.473. The first-order chi connectivity index (χ1) is 16.1. The summed E-state index contributed by atoms with van der Waals surface area (Å²) in [5, 5.41) is 5.45. The number of para-hydroxylation sites is 1. The highest BCUT2D eigenvalue weighted by Crippen LogP contribution is 2.29. The highest BCUT2D eigenvalue weighted by atomic mass is 35.5. The van der Waals surface area contributed by atoms with Crippen molar-refractivity contribution in [2.75, 3.05) is 14.2 Å². The van der Waals surface area contributed by atoms with Gasteiger partial charge in [0, 0.05) is 10.4 Å². The van der Waals surface area contributed by atoms with E-state index in [0.717, 1.165) is 16.5 Å². The molecule has 1 N–H and O–H groups in total. The van der Waals surface area contributed by atoms with Gasteiger partial charge < -0.3 is 18.6 Å². The van der Waals surface area contributed by atoms with Crippen LogP contribution in [-0.4, -0.2) is 26.3 Å². The molecule has 8 heteroatoms. The number of nitrogens with one attached hydrogen (secondary N) is 1. The lowest BCUT2D eigenvalue weighted by Crippen LogP contribution is -2.16. The molecule has 0 aliphatic carbocycles. The topological polar surface area (TPSA) is 82.3 Å². The van der Waals surface area contributed by atoms with Gasteiger partial charge in [-0.05, 0) is 53.6 Å². The number of benzene rings is 3.